The van der Waals surface area contributed by atoms with Gasteiger partial charge in [0, 0.05) is 6.92 Å². The lowest BCUT2D eigenvalue weighted by Gasteiger charge is -2.12. The van der Waals surface area contributed by atoms with Crippen molar-refractivity contribution < 1.29 is 53.4 Å². The summed E-state index contributed by atoms with van der Waals surface area (Å²) in [5.41, 5.74) is -0.0221. The summed E-state index contributed by atoms with van der Waals surface area (Å²) in [6.45, 7) is 1.23. The molecule has 31 heavy (non-hydrogen) atoms. The van der Waals surface area contributed by atoms with E-state index in [1.54, 1.807) is 0 Å². The predicted octanol–water partition coefficient (Wildman–Crippen LogP) is 2.43. The SMILES string of the molecule is COc1cc(C(=O)O)cc(OC)c1O.COc1cc(C(=O)O)cc(OC)c1OC(C)=O. The minimum absolute atomic E-state index is 0.00324. The number of rotatable bonds is 7. The van der Waals surface area contributed by atoms with E-state index in [-0.39, 0.29) is 45.6 Å². The average Bonchev–Trinajstić information content (AvgIpc) is 2.73. The number of esters is 1. The summed E-state index contributed by atoms with van der Waals surface area (Å²) < 4.78 is 24.4. The molecule has 3 N–H and O–H groups in total. The zero-order chi connectivity index (χ0) is 23.7. The molecule has 0 unspecified atom stereocenters. The number of phenols is 1. The Kier molecular flexibility index (Phi) is 8.95. The highest BCUT2D eigenvalue weighted by molar-refractivity contribution is 5.90. The number of hydrogen-bond donors (Lipinski definition) is 3. The lowest BCUT2D eigenvalue weighted by Crippen LogP contribution is -2.06. The van der Waals surface area contributed by atoms with Gasteiger partial charge in [-0.1, -0.05) is 0 Å². The van der Waals surface area contributed by atoms with Crippen LogP contribution in [0.5, 0.6) is 34.5 Å². The fourth-order valence-corrected chi connectivity index (χ4v) is 2.26. The van der Waals surface area contributed by atoms with E-state index in [2.05, 4.69) is 0 Å². The van der Waals surface area contributed by atoms with Gasteiger partial charge in [0.25, 0.3) is 0 Å². The first-order valence-electron chi connectivity index (χ1n) is 8.45. The number of aromatic hydroxyl groups is 1. The first-order chi connectivity index (χ1) is 14.6. The number of methoxy groups -OCH3 is 4. The lowest BCUT2D eigenvalue weighted by atomic mass is 10.2. The summed E-state index contributed by atoms with van der Waals surface area (Å²) in [5, 5.41) is 27.1. The summed E-state index contributed by atoms with van der Waals surface area (Å²) in [7, 11) is 5.35. The van der Waals surface area contributed by atoms with E-state index < -0.39 is 17.9 Å². The van der Waals surface area contributed by atoms with Crippen molar-refractivity contribution in [2.75, 3.05) is 28.4 Å². The second-order valence-corrected chi connectivity index (χ2v) is 5.64. The molecule has 0 bridgehead atoms. The number of carbonyl (C=O) groups is 3. The van der Waals surface area contributed by atoms with Gasteiger partial charge in [-0.25, -0.2) is 9.59 Å². The van der Waals surface area contributed by atoms with E-state index in [0.29, 0.717) is 0 Å². The number of benzene rings is 2. The fourth-order valence-electron chi connectivity index (χ4n) is 2.26. The lowest BCUT2D eigenvalue weighted by molar-refractivity contribution is -0.132. The van der Waals surface area contributed by atoms with Gasteiger partial charge in [-0.2, -0.15) is 0 Å². The van der Waals surface area contributed by atoms with Gasteiger partial charge in [0.1, 0.15) is 0 Å². The number of carboxylic acids is 2. The van der Waals surface area contributed by atoms with Gasteiger partial charge >= 0.3 is 17.9 Å². The molecule has 0 aromatic heterocycles. The largest absolute Gasteiger partial charge is 0.502 e. The average molecular weight is 438 g/mol. The Labute approximate surface area is 177 Å². The molecule has 2 aromatic rings. The van der Waals surface area contributed by atoms with Gasteiger partial charge in [0.15, 0.2) is 23.0 Å². The molecule has 2 aromatic carbocycles. The zero-order valence-electron chi connectivity index (χ0n) is 17.4. The summed E-state index contributed by atoms with van der Waals surface area (Å²) in [6.07, 6.45) is 0. The Hall–Kier alpha value is -4.15. The second kappa shape index (κ2) is 11.1. The highest BCUT2D eigenvalue weighted by Crippen LogP contribution is 2.39. The van der Waals surface area contributed by atoms with Crippen LogP contribution in [0.15, 0.2) is 24.3 Å². The first kappa shape index (κ1) is 24.9. The number of carbonyl (C=O) groups excluding carboxylic acids is 1. The van der Waals surface area contributed by atoms with Crippen molar-refractivity contribution in [1.82, 2.24) is 0 Å². The maximum atomic E-state index is 10.9. The van der Waals surface area contributed by atoms with Crippen LogP contribution < -0.4 is 23.7 Å². The summed E-state index contributed by atoms with van der Waals surface area (Å²) in [5.74, 6) is -2.55. The van der Waals surface area contributed by atoms with Crippen molar-refractivity contribution >= 4 is 17.9 Å². The van der Waals surface area contributed by atoms with Crippen LogP contribution in [-0.2, 0) is 4.79 Å². The maximum absolute atomic E-state index is 10.9. The molecule has 0 aliphatic rings. The number of ether oxygens (including phenoxy) is 5. The minimum atomic E-state index is -1.13. The molecule has 0 saturated carbocycles. The molecule has 0 spiro atoms. The third kappa shape index (κ3) is 6.42. The Bertz CT molecular complexity index is 916. The predicted molar refractivity (Wildman–Crippen MR) is 106 cm³/mol. The van der Waals surface area contributed by atoms with Crippen molar-refractivity contribution in [3.8, 4) is 34.5 Å². The second-order valence-electron chi connectivity index (χ2n) is 5.64. The monoisotopic (exact) mass is 438 g/mol. The van der Waals surface area contributed by atoms with Crippen molar-refractivity contribution in [2.45, 2.75) is 6.92 Å². The van der Waals surface area contributed by atoms with Gasteiger partial charge < -0.3 is 39.0 Å². The normalized spacial score (nSPS) is 9.58. The molecule has 2 rings (SSSR count). The summed E-state index contributed by atoms with van der Waals surface area (Å²) in [6, 6.07) is 4.95. The highest BCUT2D eigenvalue weighted by atomic mass is 16.6. The Morgan fingerprint density at radius 2 is 1.00 bits per heavy atom. The molecular weight excluding hydrogens is 416 g/mol. The molecule has 0 fully saturated rings. The summed E-state index contributed by atoms with van der Waals surface area (Å²) in [4.78, 5) is 32.4. The van der Waals surface area contributed by atoms with Crippen molar-refractivity contribution in [2.24, 2.45) is 0 Å². The van der Waals surface area contributed by atoms with E-state index in [1.165, 1.54) is 59.6 Å². The highest BCUT2D eigenvalue weighted by Gasteiger charge is 2.18. The smallest absolute Gasteiger partial charge is 0.335 e. The maximum Gasteiger partial charge on any atom is 0.335 e. The van der Waals surface area contributed by atoms with Crippen LogP contribution in [0, 0.1) is 0 Å². The van der Waals surface area contributed by atoms with Crippen LogP contribution in [0.3, 0.4) is 0 Å². The van der Waals surface area contributed by atoms with Gasteiger partial charge in [-0.15, -0.1) is 0 Å². The Balaban J connectivity index is 0.000000316. The van der Waals surface area contributed by atoms with Crippen molar-refractivity contribution in [3.05, 3.63) is 35.4 Å². The van der Waals surface area contributed by atoms with E-state index in [9.17, 15) is 19.5 Å². The van der Waals surface area contributed by atoms with E-state index in [1.807, 2.05) is 0 Å². The quantitative estimate of drug-likeness (QED) is 0.430. The third-order valence-electron chi connectivity index (χ3n) is 3.68. The minimum Gasteiger partial charge on any atom is -0.502 e. The molecule has 168 valence electrons. The zero-order valence-corrected chi connectivity index (χ0v) is 17.4. The van der Waals surface area contributed by atoms with Crippen LogP contribution in [0.1, 0.15) is 27.6 Å². The summed E-state index contributed by atoms with van der Waals surface area (Å²) >= 11 is 0. The molecule has 0 heterocycles. The van der Waals surface area contributed by atoms with Gasteiger partial charge in [-0.3, -0.25) is 4.79 Å². The van der Waals surface area contributed by atoms with Crippen LogP contribution >= 0.6 is 0 Å². The first-order valence-corrected chi connectivity index (χ1v) is 8.45. The Morgan fingerprint density at radius 1 is 0.677 bits per heavy atom. The third-order valence-corrected chi connectivity index (χ3v) is 3.68. The van der Waals surface area contributed by atoms with Crippen molar-refractivity contribution in [3.63, 3.8) is 0 Å². The number of phenolic OH excluding ortho intramolecular Hbond substituents is 1. The van der Waals surface area contributed by atoms with Gasteiger partial charge in [-0.05, 0) is 24.3 Å². The van der Waals surface area contributed by atoms with Crippen LogP contribution in [-0.4, -0.2) is 61.7 Å². The number of hydrogen-bond acceptors (Lipinski definition) is 9. The molecule has 0 saturated heterocycles. The van der Waals surface area contributed by atoms with Crippen LogP contribution in [0.4, 0.5) is 0 Å². The van der Waals surface area contributed by atoms with Crippen molar-refractivity contribution in [1.29, 1.82) is 0 Å². The van der Waals surface area contributed by atoms with Crippen LogP contribution in [0.25, 0.3) is 0 Å². The molecule has 0 amide bonds. The fraction of sp³-hybridized carbons (Fsp3) is 0.250. The van der Waals surface area contributed by atoms with Gasteiger partial charge in [0.2, 0.25) is 11.5 Å². The van der Waals surface area contributed by atoms with E-state index >= 15 is 0 Å². The Morgan fingerprint density at radius 3 is 1.26 bits per heavy atom. The van der Waals surface area contributed by atoms with E-state index in [4.69, 9.17) is 33.9 Å². The standard InChI is InChI=1S/C11H12O6.C9H10O5/c1-6(12)17-10-8(15-2)4-7(11(13)14)5-9(10)16-3;1-13-6-3-5(9(11)12)4-7(14-2)8(6)10/h4-5H,1-3H3,(H,13,14);3-4,10H,1-2H3,(H,11,12). The molecule has 0 aliphatic heterocycles. The molecular formula is C20H22O11. The molecule has 0 radical (unpaired) electrons. The molecule has 0 aliphatic carbocycles. The molecule has 0 atom stereocenters. The van der Waals surface area contributed by atoms with E-state index in [0.717, 1.165) is 0 Å². The van der Waals surface area contributed by atoms with Crippen LogP contribution in [0.2, 0.25) is 0 Å². The van der Waals surface area contributed by atoms with Gasteiger partial charge in [0.05, 0.1) is 39.6 Å². The molecule has 11 nitrogen and oxygen atoms in total. The molecule has 11 heteroatoms. The number of carboxylic acid groups (broad SMARTS) is 2. The topological polar surface area (TPSA) is 158 Å². The number of aromatic carboxylic acids is 2.